The summed E-state index contributed by atoms with van der Waals surface area (Å²) in [6.45, 7) is 9.32. The van der Waals surface area contributed by atoms with Gasteiger partial charge in [0.25, 0.3) is 0 Å². The topological polar surface area (TPSA) is 40.1 Å². The lowest BCUT2D eigenvalue weighted by atomic mass is 9.73. The maximum atomic E-state index is 12.5. The second-order valence-electron chi connectivity index (χ2n) is 18.8. The van der Waals surface area contributed by atoms with Crippen molar-refractivity contribution < 1.29 is 0 Å². The predicted molar refractivity (Wildman–Crippen MR) is 273 cm³/mol. The third kappa shape index (κ3) is 5.04. The molecule has 9 aromatic carbocycles. The highest BCUT2D eigenvalue weighted by atomic mass is 15.2. The number of hydrogen-bond acceptors (Lipinski definition) is 3. The molecular weight excluding hydrogens is 803 g/mol. The van der Waals surface area contributed by atoms with Crippen LogP contribution in [0.4, 0.5) is 34.1 Å². The lowest BCUT2D eigenvalue weighted by molar-refractivity contribution is 0.631. The highest BCUT2D eigenvalue weighted by Crippen LogP contribution is 2.59. The Kier molecular flexibility index (Phi) is 8.00. The maximum absolute atomic E-state index is 12.5. The van der Waals surface area contributed by atoms with Gasteiger partial charge in [0, 0.05) is 32.4 Å². The number of nitrogens with zero attached hydrogens (tertiary/aromatic N) is 5. The molecule has 2 aliphatic heterocycles. The first kappa shape index (κ1) is 38.2. The van der Waals surface area contributed by atoms with Gasteiger partial charge in [0.15, 0.2) is 0 Å². The molecule has 0 spiro atoms. The summed E-state index contributed by atoms with van der Waals surface area (Å²) in [4.78, 5) is 4.89. The first-order valence-corrected chi connectivity index (χ1v) is 22.9. The van der Waals surface area contributed by atoms with E-state index in [9.17, 15) is 5.26 Å². The molecule has 0 bridgehead atoms. The molecule has 0 saturated heterocycles. The first-order chi connectivity index (χ1) is 32.3. The van der Waals surface area contributed by atoms with Crippen molar-refractivity contribution in [2.75, 3.05) is 9.80 Å². The fourth-order valence-corrected chi connectivity index (χ4v) is 11.7. The molecule has 2 aromatic heterocycles. The average molecular weight is 848 g/mol. The Balaban J connectivity index is 1.30. The predicted octanol–water partition coefficient (Wildman–Crippen LogP) is 16.0. The number of nitriles is 1. The molecule has 0 aliphatic carbocycles. The van der Waals surface area contributed by atoms with Gasteiger partial charge in [-0.25, -0.2) is 0 Å². The Bertz CT molecular complexity index is 3420. The average Bonchev–Trinajstić information content (AvgIpc) is 3.87. The lowest BCUT2D eigenvalue weighted by Crippen LogP contribution is -2.32. The normalized spacial score (nSPS) is 14.5. The third-order valence-electron chi connectivity index (χ3n) is 14.7. The Labute approximate surface area is 384 Å². The van der Waals surface area contributed by atoms with Gasteiger partial charge in [-0.15, -0.1) is 0 Å². The van der Waals surface area contributed by atoms with Crippen molar-refractivity contribution in [3.8, 4) is 17.4 Å². The Morgan fingerprint density at radius 3 is 0.879 bits per heavy atom. The van der Waals surface area contributed by atoms with Crippen molar-refractivity contribution in [3.63, 3.8) is 0 Å². The van der Waals surface area contributed by atoms with Gasteiger partial charge in [-0.1, -0.05) is 173 Å². The molecule has 66 heavy (non-hydrogen) atoms. The molecule has 5 heteroatoms. The molecule has 314 valence electrons. The van der Waals surface area contributed by atoms with Crippen LogP contribution in [0.2, 0.25) is 0 Å². The van der Waals surface area contributed by atoms with Gasteiger partial charge in [0.1, 0.15) is 11.6 Å². The minimum Gasteiger partial charge on any atom is -0.308 e. The molecule has 0 radical (unpaired) electrons. The minimum atomic E-state index is -0.295. The van der Waals surface area contributed by atoms with E-state index >= 15 is 0 Å². The van der Waals surface area contributed by atoms with Crippen LogP contribution in [-0.4, -0.2) is 9.13 Å². The van der Waals surface area contributed by atoms with Gasteiger partial charge >= 0.3 is 0 Å². The van der Waals surface area contributed by atoms with Crippen LogP contribution in [0, 0.1) is 11.3 Å². The summed E-state index contributed by atoms with van der Waals surface area (Å²) in [5.74, 6) is 0. The van der Waals surface area contributed by atoms with Gasteiger partial charge in [-0.2, -0.15) is 5.26 Å². The Morgan fingerprint density at radius 2 is 0.591 bits per heavy atom. The molecule has 0 N–H and O–H groups in total. The summed E-state index contributed by atoms with van der Waals surface area (Å²) in [6, 6.07) is 75.3. The van der Waals surface area contributed by atoms with Gasteiger partial charge in [0.05, 0.1) is 67.6 Å². The first-order valence-electron chi connectivity index (χ1n) is 22.9. The number of benzene rings is 9. The summed E-state index contributed by atoms with van der Waals surface area (Å²) >= 11 is 0. The fourth-order valence-electron chi connectivity index (χ4n) is 11.7. The summed E-state index contributed by atoms with van der Waals surface area (Å²) in [5.41, 5.74) is 16.8. The molecule has 0 atom stereocenters. The van der Waals surface area contributed by atoms with Crippen LogP contribution in [0.3, 0.4) is 0 Å². The number of rotatable bonds is 4. The Morgan fingerprint density at radius 1 is 0.333 bits per heavy atom. The van der Waals surface area contributed by atoms with Crippen molar-refractivity contribution in [3.05, 3.63) is 228 Å². The van der Waals surface area contributed by atoms with Crippen LogP contribution in [0.25, 0.3) is 55.0 Å². The molecule has 11 aromatic rings. The van der Waals surface area contributed by atoms with Crippen molar-refractivity contribution in [1.82, 2.24) is 9.13 Å². The highest BCUT2D eigenvalue weighted by molar-refractivity contribution is 6.13. The van der Waals surface area contributed by atoms with Crippen LogP contribution in [0.1, 0.15) is 55.5 Å². The lowest BCUT2D eigenvalue weighted by Gasteiger charge is -2.44. The van der Waals surface area contributed by atoms with Crippen LogP contribution >= 0.6 is 0 Å². The van der Waals surface area contributed by atoms with E-state index in [1.165, 1.54) is 22.3 Å². The second kappa shape index (κ2) is 13.8. The molecule has 5 nitrogen and oxygen atoms in total. The number of anilines is 6. The van der Waals surface area contributed by atoms with E-state index in [1.807, 2.05) is 0 Å². The Hall–Kier alpha value is -8.33. The maximum Gasteiger partial charge on any atom is 0.104 e. The van der Waals surface area contributed by atoms with Crippen LogP contribution in [0.15, 0.2) is 200 Å². The summed E-state index contributed by atoms with van der Waals surface area (Å²) in [7, 11) is 0. The van der Waals surface area contributed by atoms with Crippen molar-refractivity contribution in [2.24, 2.45) is 0 Å². The fraction of sp³-hybridized carbons (Fsp3) is 0.0984. The zero-order valence-electron chi connectivity index (χ0n) is 37.3. The van der Waals surface area contributed by atoms with E-state index in [-0.39, 0.29) is 10.8 Å². The van der Waals surface area contributed by atoms with E-state index in [1.54, 1.807) is 0 Å². The highest BCUT2D eigenvalue weighted by Gasteiger charge is 2.42. The molecule has 0 fully saturated rings. The van der Waals surface area contributed by atoms with E-state index in [4.69, 9.17) is 0 Å². The van der Waals surface area contributed by atoms with E-state index in [0.29, 0.717) is 5.56 Å². The second-order valence-corrected chi connectivity index (χ2v) is 18.8. The number of hydrogen-bond donors (Lipinski definition) is 0. The van der Waals surface area contributed by atoms with Gasteiger partial charge in [0.2, 0.25) is 0 Å². The van der Waals surface area contributed by atoms with Gasteiger partial charge < -0.3 is 18.9 Å². The third-order valence-corrected chi connectivity index (χ3v) is 14.7. The zero-order valence-corrected chi connectivity index (χ0v) is 37.3. The van der Waals surface area contributed by atoms with E-state index < -0.39 is 0 Å². The zero-order chi connectivity index (χ0) is 44.5. The van der Waals surface area contributed by atoms with Crippen LogP contribution in [-0.2, 0) is 10.8 Å². The number of fused-ring (bicyclic) bond motifs is 10. The standard InChI is InChI=1S/C61H45N5/c1-60(2)44-25-9-17-33-52(44)63(53-34-18-10-26-45(53)60)56-37-57(64-54-35-19-11-27-46(54)61(3,4)47-28-12-20-36-55(47)64)59(66-50-31-15-7-23-41(50)42-24-8-16-32-51(42)66)43(38-62)58(56)65-48-29-13-5-21-39(48)40-22-6-14-30-49(40)65/h5-37H,1-4H3. The van der Waals surface area contributed by atoms with Crippen molar-refractivity contribution in [1.29, 1.82) is 5.26 Å². The SMILES string of the molecule is CC1(C)c2ccccc2N(c2cc(N3c4ccccc4C(C)(C)c4ccccc43)c(-n3c4ccccc4c4ccccc43)c(C#N)c2-n2c3ccccc3c3ccccc32)c2ccccc21. The minimum absolute atomic E-state index is 0.295. The molecule has 0 unspecified atom stereocenters. The summed E-state index contributed by atoms with van der Waals surface area (Å²) in [6.07, 6.45) is 0. The number of aromatic nitrogens is 2. The smallest absolute Gasteiger partial charge is 0.104 e. The molecule has 2 aliphatic rings. The number of para-hydroxylation sites is 8. The summed E-state index contributed by atoms with van der Waals surface area (Å²) < 4.78 is 4.73. The van der Waals surface area contributed by atoms with Crippen LogP contribution in [0.5, 0.6) is 0 Å². The molecule has 4 heterocycles. The largest absolute Gasteiger partial charge is 0.308 e. The van der Waals surface area contributed by atoms with Gasteiger partial charge in [-0.3, -0.25) is 0 Å². The van der Waals surface area contributed by atoms with Crippen LogP contribution < -0.4 is 9.80 Å². The molecule has 0 amide bonds. The monoisotopic (exact) mass is 847 g/mol. The molecule has 13 rings (SSSR count). The molecular formula is C61H45N5. The molecule has 0 saturated carbocycles. The summed E-state index contributed by atoms with van der Waals surface area (Å²) in [5, 5.41) is 17.0. The van der Waals surface area contributed by atoms with Gasteiger partial charge in [-0.05, 0) is 76.9 Å². The van der Waals surface area contributed by atoms with Crippen molar-refractivity contribution in [2.45, 2.75) is 38.5 Å². The van der Waals surface area contributed by atoms with E-state index in [2.05, 4.69) is 253 Å². The van der Waals surface area contributed by atoms with Crippen molar-refractivity contribution >= 4 is 77.7 Å². The van der Waals surface area contributed by atoms with E-state index in [0.717, 1.165) is 89.1 Å². The quantitative estimate of drug-likeness (QED) is 0.177.